The summed E-state index contributed by atoms with van der Waals surface area (Å²) < 4.78 is 36.1. The highest BCUT2D eigenvalue weighted by Gasteiger charge is 2.47. The number of pyridine rings is 1. The van der Waals surface area contributed by atoms with E-state index in [0.29, 0.717) is 50.1 Å². The molecule has 45 heavy (non-hydrogen) atoms. The molecule has 1 N–H and O–H groups in total. The van der Waals surface area contributed by atoms with Crippen LogP contribution in [0.15, 0.2) is 24.4 Å². The Labute approximate surface area is 261 Å². The molecule has 3 fully saturated rings. The smallest absolute Gasteiger partial charge is 0.319 e. The van der Waals surface area contributed by atoms with E-state index in [0.717, 1.165) is 80.1 Å². The summed E-state index contributed by atoms with van der Waals surface area (Å²) in [7, 11) is 0. The van der Waals surface area contributed by atoms with Gasteiger partial charge in [0.1, 0.15) is 35.6 Å². The molecule has 9 rings (SSSR count). The highest BCUT2D eigenvalue weighted by molar-refractivity contribution is 6.02. The maximum atomic E-state index is 17.3. The van der Waals surface area contributed by atoms with E-state index in [1.807, 2.05) is 0 Å². The Bertz CT molecular complexity index is 1860. The predicted molar refractivity (Wildman–Crippen MR) is 169 cm³/mol. The fourth-order valence-electron chi connectivity index (χ4n) is 8.64. The molecular weight excluding hydrogens is 573 g/mol. The standard InChI is InChI=1S/C34H38FN7O3/c1-19-13-34(8-4-9-41(34)15-19)18-45-33-38-30-27-31(39-33)42-10-5-11-43-16-22(42)17-44-32(27)37-29(28(30)35)26-23-14-36-40-24(23)12-21-7-3-6-20(2)25(21)26/h12,14,20,22H,1,3-11,13,15-18H2,2H3,(H,36,40)/t20-,22+,34+/m1/s1. The van der Waals surface area contributed by atoms with Crippen LogP contribution in [0.25, 0.3) is 33.1 Å². The molecule has 10 nitrogen and oxygen atoms in total. The van der Waals surface area contributed by atoms with Gasteiger partial charge in [-0.1, -0.05) is 19.1 Å². The van der Waals surface area contributed by atoms with Gasteiger partial charge in [0.05, 0.1) is 29.9 Å². The predicted octanol–water partition coefficient (Wildman–Crippen LogP) is 5.31. The lowest BCUT2D eigenvalue weighted by molar-refractivity contribution is 0.108. The molecule has 0 spiro atoms. The normalized spacial score (nSPS) is 26.4. The van der Waals surface area contributed by atoms with Crippen molar-refractivity contribution in [3.05, 3.63) is 41.4 Å². The second kappa shape index (κ2) is 10.3. The Morgan fingerprint density at radius 2 is 2.11 bits per heavy atom. The fraction of sp³-hybridized carbons (Fsp3) is 0.529. The zero-order valence-corrected chi connectivity index (χ0v) is 25.7. The van der Waals surface area contributed by atoms with Crippen molar-refractivity contribution in [3.8, 4) is 23.1 Å². The van der Waals surface area contributed by atoms with Crippen LogP contribution in [0.2, 0.25) is 0 Å². The minimum Gasteiger partial charge on any atom is -0.475 e. The molecule has 4 aromatic rings. The van der Waals surface area contributed by atoms with Gasteiger partial charge in [0.2, 0.25) is 5.88 Å². The number of ether oxygens (including phenoxy) is 3. The number of anilines is 1. The lowest BCUT2D eigenvalue weighted by Gasteiger charge is -2.31. The van der Waals surface area contributed by atoms with Gasteiger partial charge in [-0.05, 0) is 74.6 Å². The van der Waals surface area contributed by atoms with E-state index in [1.165, 1.54) is 11.1 Å². The molecule has 11 heteroatoms. The van der Waals surface area contributed by atoms with E-state index < -0.39 is 5.82 Å². The van der Waals surface area contributed by atoms with Crippen LogP contribution in [0.4, 0.5) is 10.2 Å². The monoisotopic (exact) mass is 611 g/mol. The lowest BCUT2D eigenvalue weighted by Crippen LogP contribution is -2.43. The maximum absolute atomic E-state index is 17.3. The van der Waals surface area contributed by atoms with Gasteiger partial charge in [-0.2, -0.15) is 15.1 Å². The van der Waals surface area contributed by atoms with Crippen molar-refractivity contribution >= 4 is 27.6 Å². The average molecular weight is 612 g/mol. The second-order valence-electron chi connectivity index (χ2n) is 13.6. The summed E-state index contributed by atoms with van der Waals surface area (Å²) in [6.45, 7) is 11.1. The maximum Gasteiger partial charge on any atom is 0.319 e. The number of hydrogen-bond donors (Lipinski definition) is 1. The van der Waals surface area contributed by atoms with Crippen LogP contribution in [0, 0.1) is 5.82 Å². The third-order valence-corrected chi connectivity index (χ3v) is 10.7. The van der Waals surface area contributed by atoms with Crippen LogP contribution in [0.1, 0.15) is 62.5 Å². The molecule has 0 radical (unpaired) electrons. The second-order valence-corrected chi connectivity index (χ2v) is 13.6. The first-order valence-corrected chi connectivity index (χ1v) is 16.4. The van der Waals surface area contributed by atoms with E-state index in [4.69, 9.17) is 29.2 Å². The summed E-state index contributed by atoms with van der Waals surface area (Å²) in [4.78, 5) is 19.4. The van der Waals surface area contributed by atoms with Gasteiger partial charge in [-0.15, -0.1) is 0 Å². The molecular formula is C34H38FN7O3. The Morgan fingerprint density at radius 3 is 3.04 bits per heavy atom. The Morgan fingerprint density at radius 1 is 1.18 bits per heavy atom. The number of aromatic amines is 1. The fourth-order valence-corrected chi connectivity index (χ4v) is 8.64. The minimum atomic E-state index is -0.487. The third kappa shape index (κ3) is 4.26. The SMILES string of the molecule is C=C1CN2CCC[C@@]2(COc2nc3c4c(nc(-c5c6c(cc7[nH]ncc57)CCC[C@H]6C)c(F)c4n2)OC[C@@H]2COCCCN32)C1. The van der Waals surface area contributed by atoms with Gasteiger partial charge in [0.15, 0.2) is 5.82 Å². The molecule has 0 saturated carbocycles. The van der Waals surface area contributed by atoms with E-state index in [9.17, 15) is 0 Å². The van der Waals surface area contributed by atoms with Crippen molar-refractivity contribution in [2.45, 2.75) is 69.4 Å². The molecule has 4 aliphatic heterocycles. The van der Waals surface area contributed by atoms with Gasteiger partial charge in [0.25, 0.3) is 0 Å². The van der Waals surface area contributed by atoms with Gasteiger partial charge < -0.3 is 19.1 Å². The van der Waals surface area contributed by atoms with Gasteiger partial charge >= 0.3 is 6.01 Å². The van der Waals surface area contributed by atoms with E-state index in [2.05, 4.69) is 39.6 Å². The highest BCUT2D eigenvalue weighted by Crippen LogP contribution is 2.47. The Hall–Kier alpha value is -3.83. The van der Waals surface area contributed by atoms with Crippen LogP contribution in [0.3, 0.4) is 0 Å². The number of fused-ring (bicyclic) bond motifs is 5. The van der Waals surface area contributed by atoms with Crippen molar-refractivity contribution in [1.29, 1.82) is 0 Å². The van der Waals surface area contributed by atoms with Crippen LogP contribution >= 0.6 is 0 Å². The molecule has 3 saturated heterocycles. The molecule has 0 bridgehead atoms. The van der Waals surface area contributed by atoms with Crippen LogP contribution in [-0.4, -0.2) is 87.7 Å². The molecule has 1 aliphatic carbocycles. The first kappa shape index (κ1) is 27.5. The van der Waals surface area contributed by atoms with Crippen LogP contribution in [0.5, 0.6) is 11.9 Å². The number of aryl methyl sites for hydroxylation is 1. The largest absolute Gasteiger partial charge is 0.475 e. The Balaban J connectivity index is 1.25. The summed E-state index contributed by atoms with van der Waals surface area (Å²) >= 11 is 0. The van der Waals surface area contributed by atoms with Crippen molar-refractivity contribution in [3.63, 3.8) is 0 Å². The summed E-state index contributed by atoms with van der Waals surface area (Å²) in [5.74, 6) is 0.717. The third-order valence-electron chi connectivity index (χ3n) is 10.7. The van der Waals surface area contributed by atoms with Crippen molar-refractivity contribution in [2.75, 3.05) is 51.0 Å². The van der Waals surface area contributed by atoms with Crippen LogP contribution < -0.4 is 14.4 Å². The quantitative estimate of drug-likeness (QED) is 0.308. The Kier molecular flexibility index (Phi) is 6.32. The lowest BCUT2D eigenvalue weighted by atomic mass is 9.79. The molecule has 1 aromatic carbocycles. The first-order valence-electron chi connectivity index (χ1n) is 16.4. The minimum absolute atomic E-state index is 0.0914. The molecule has 0 amide bonds. The summed E-state index contributed by atoms with van der Waals surface area (Å²) in [5, 5.41) is 8.80. The van der Waals surface area contributed by atoms with Crippen molar-refractivity contribution < 1.29 is 18.6 Å². The number of hydrogen-bond acceptors (Lipinski definition) is 9. The number of benzene rings is 1. The number of nitrogens with one attached hydrogen (secondary N) is 1. The molecule has 3 atom stereocenters. The summed E-state index contributed by atoms with van der Waals surface area (Å²) in [5.41, 5.74) is 5.54. The molecule has 0 unspecified atom stereocenters. The van der Waals surface area contributed by atoms with Crippen LogP contribution in [-0.2, 0) is 11.2 Å². The summed E-state index contributed by atoms with van der Waals surface area (Å²) in [6, 6.07) is 2.25. The van der Waals surface area contributed by atoms with E-state index in [1.54, 1.807) is 6.20 Å². The zero-order chi connectivity index (χ0) is 30.3. The van der Waals surface area contributed by atoms with E-state index in [-0.39, 0.29) is 34.7 Å². The number of rotatable bonds is 4. The number of H-pyrrole nitrogens is 1. The number of aromatic nitrogens is 5. The molecule has 3 aromatic heterocycles. The molecule has 5 aliphatic rings. The van der Waals surface area contributed by atoms with Gasteiger partial charge in [0, 0.05) is 30.6 Å². The topological polar surface area (TPSA) is 102 Å². The van der Waals surface area contributed by atoms with Gasteiger partial charge in [-0.25, -0.2) is 9.37 Å². The molecule has 234 valence electrons. The zero-order valence-electron chi connectivity index (χ0n) is 25.7. The molecule has 7 heterocycles. The van der Waals surface area contributed by atoms with Crippen molar-refractivity contribution in [2.24, 2.45) is 0 Å². The van der Waals surface area contributed by atoms with E-state index >= 15 is 4.39 Å². The number of nitrogens with zero attached hydrogens (tertiary/aromatic N) is 6. The average Bonchev–Trinajstić information content (AvgIpc) is 3.64. The van der Waals surface area contributed by atoms with Gasteiger partial charge in [-0.3, -0.25) is 10.00 Å². The number of halogens is 1. The first-order chi connectivity index (χ1) is 22.0. The summed E-state index contributed by atoms with van der Waals surface area (Å²) in [6.07, 6.45) is 8.74. The van der Waals surface area contributed by atoms with Crippen molar-refractivity contribution in [1.82, 2.24) is 30.0 Å². The highest BCUT2D eigenvalue weighted by atomic mass is 19.1.